The quantitative estimate of drug-likeness (QED) is 0.928. The zero-order valence-corrected chi connectivity index (χ0v) is 13.1. The van der Waals surface area contributed by atoms with E-state index in [4.69, 9.17) is 4.74 Å². The molecule has 2 aliphatic rings. The number of hydrogen-bond acceptors (Lipinski definition) is 4. The monoisotopic (exact) mass is 314 g/mol. The predicted molar refractivity (Wildman–Crippen MR) is 86.5 cm³/mol. The fourth-order valence-electron chi connectivity index (χ4n) is 3.54. The van der Waals surface area contributed by atoms with Gasteiger partial charge in [0.05, 0.1) is 30.8 Å². The molecule has 23 heavy (non-hydrogen) atoms. The van der Waals surface area contributed by atoms with Crippen molar-refractivity contribution in [3.63, 3.8) is 0 Å². The van der Waals surface area contributed by atoms with Gasteiger partial charge in [0.2, 0.25) is 0 Å². The molecule has 0 radical (unpaired) electrons. The van der Waals surface area contributed by atoms with Gasteiger partial charge in [0.25, 0.3) is 5.91 Å². The summed E-state index contributed by atoms with van der Waals surface area (Å²) >= 11 is 0. The first-order valence-corrected chi connectivity index (χ1v) is 8.35. The maximum absolute atomic E-state index is 12.3. The van der Waals surface area contributed by atoms with Gasteiger partial charge >= 0.3 is 0 Å². The van der Waals surface area contributed by atoms with Crippen molar-refractivity contribution in [2.75, 3.05) is 26.2 Å². The van der Waals surface area contributed by atoms with Crippen LogP contribution in [0.25, 0.3) is 5.52 Å². The predicted octanol–water partition coefficient (Wildman–Crippen LogP) is 1.32. The van der Waals surface area contributed by atoms with Crippen molar-refractivity contribution in [1.29, 1.82) is 0 Å². The molecule has 0 unspecified atom stereocenters. The smallest absolute Gasteiger partial charge is 0.251 e. The van der Waals surface area contributed by atoms with E-state index in [0.29, 0.717) is 18.2 Å². The van der Waals surface area contributed by atoms with Crippen LogP contribution in [0.15, 0.2) is 30.9 Å². The Bertz CT molecular complexity index is 699. The molecule has 2 aromatic heterocycles. The third-order valence-corrected chi connectivity index (χ3v) is 4.88. The zero-order valence-electron chi connectivity index (χ0n) is 13.1. The Hall–Kier alpha value is -1.92. The molecule has 6 nitrogen and oxygen atoms in total. The maximum Gasteiger partial charge on any atom is 0.251 e. The molecular weight excluding hydrogens is 292 g/mol. The van der Waals surface area contributed by atoms with E-state index in [2.05, 4.69) is 15.2 Å². The molecule has 0 spiro atoms. The fraction of sp³-hybridized carbons (Fsp3) is 0.529. The molecule has 4 rings (SSSR count). The van der Waals surface area contributed by atoms with Crippen molar-refractivity contribution in [3.8, 4) is 0 Å². The van der Waals surface area contributed by atoms with Crippen molar-refractivity contribution >= 4 is 11.4 Å². The number of pyridine rings is 1. The molecule has 1 amide bonds. The van der Waals surface area contributed by atoms with Gasteiger partial charge in [-0.25, -0.2) is 4.98 Å². The van der Waals surface area contributed by atoms with Crippen LogP contribution in [0, 0.1) is 0 Å². The lowest BCUT2D eigenvalue weighted by Gasteiger charge is -2.42. The summed E-state index contributed by atoms with van der Waals surface area (Å²) in [6.45, 7) is 3.44. The highest BCUT2D eigenvalue weighted by atomic mass is 16.5. The largest absolute Gasteiger partial charge is 0.373 e. The van der Waals surface area contributed by atoms with Gasteiger partial charge in [0.1, 0.15) is 0 Å². The van der Waals surface area contributed by atoms with Gasteiger partial charge in [-0.3, -0.25) is 9.69 Å². The van der Waals surface area contributed by atoms with Gasteiger partial charge in [0.15, 0.2) is 0 Å². The lowest BCUT2D eigenvalue weighted by molar-refractivity contribution is -0.0725. The van der Waals surface area contributed by atoms with Gasteiger partial charge in [-0.05, 0) is 31.5 Å². The minimum absolute atomic E-state index is 0.0573. The Labute approximate surface area is 135 Å². The molecule has 2 saturated heterocycles. The number of nitrogens with one attached hydrogen (secondary N) is 1. The first-order valence-electron chi connectivity index (χ1n) is 8.35. The van der Waals surface area contributed by atoms with Crippen molar-refractivity contribution in [3.05, 3.63) is 36.4 Å². The molecule has 2 fully saturated rings. The summed E-state index contributed by atoms with van der Waals surface area (Å²) in [5.41, 5.74) is 1.58. The lowest BCUT2D eigenvalue weighted by atomic mass is 10.0. The number of nitrogens with zero attached hydrogens (tertiary/aromatic N) is 3. The Balaban J connectivity index is 1.34. The summed E-state index contributed by atoms with van der Waals surface area (Å²) in [7, 11) is 0. The number of rotatable bonds is 3. The van der Waals surface area contributed by atoms with E-state index in [1.54, 1.807) is 12.5 Å². The number of imidazole rings is 1. The number of piperidine rings is 1. The van der Waals surface area contributed by atoms with Gasteiger partial charge in [-0.2, -0.15) is 0 Å². The van der Waals surface area contributed by atoms with Crippen LogP contribution in [0.1, 0.15) is 29.6 Å². The van der Waals surface area contributed by atoms with Crippen molar-refractivity contribution < 1.29 is 9.53 Å². The molecule has 2 aromatic rings. The van der Waals surface area contributed by atoms with Crippen LogP contribution in [-0.2, 0) is 4.74 Å². The van der Waals surface area contributed by atoms with E-state index in [1.165, 1.54) is 19.3 Å². The molecule has 6 heteroatoms. The van der Waals surface area contributed by atoms with Crippen molar-refractivity contribution in [2.45, 2.75) is 31.4 Å². The van der Waals surface area contributed by atoms with E-state index in [9.17, 15) is 4.79 Å². The summed E-state index contributed by atoms with van der Waals surface area (Å²) in [5, 5.41) is 3.00. The van der Waals surface area contributed by atoms with E-state index in [-0.39, 0.29) is 12.0 Å². The highest BCUT2D eigenvalue weighted by Gasteiger charge is 2.30. The Morgan fingerprint density at radius 1 is 1.43 bits per heavy atom. The van der Waals surface area contributed by atoms with Crippen molar-refractivity contribution in [2.24, 2.45) is 0 Å². The Morgan fingerprint density at radius 2 is 2.39 bits per heavy atom. The summed E-state index contributed by atoms with van der Waals surface area (Å²) in [4.78, 5) is 18.9. The first kappa shape index (κ1) is 14.7. The highest BCUT2D eigenvalue weighted by molar-refractivity contribution is 5.95. The molecule has 0 aliphatic carbocycles. The molecule has 0 saturated carbocycles. The molecule has 1 N–H and O–H groups in total. The second-order valence-electron chi connectivity index (χ2n) is 6.45. The molecule has 0 aromatic carbocycles. The summed E-state index contributed by atoms with van der Waals surface area (Å²) < 4.78 is 7.81. The zero-order chi connectivity index (χ0) is 15.6. The second-order valence-corrected chi connectivity index (χ2v) is 6.45. The van der Waals surface area contributed by atoms with Crippen molar-refractivity contribution in [1.82, 2.24) is 19.6 Å². The van der Waals surface area contributed by atoms with E-state index in [0.717, 1.165) is 25.2 Å². The van der Waals surface area contributed by atoms with Gasteiger partial charge in [0, 0.05) is 30.9 Å². The fourth-order valence-corrected chi connectivity index (χ4v) is 3.54. The van der Waals surface area contributed by atoms with Crippen LogP contribution in [0.4, 0.5) is 0 Å². The number of fused-ring (bicyclic) bond motifs is 2. The summed E-state index contributed by atoms with van der Waals surface area (Å²) in [6.07, 6.45) is 9.24. The number of morpholine rings is 1. The number of carbonyl (C=O) groups is 1. The minimum atomic E-state index is -0.0573. The number of aromatic nitrogens is 2. The van der Waals surface area contributed by atoms with Crippen LogP contribution in [-0.4, -0.2) is 58.6 Å². The normalized spacial score (nSPS) is 25.2. The summed E-state index contributed by atoms with van der Waals surface area (Å²) in [5.74, 6) is -0.0573. The SMILES string of the molecule is O=C(NC[C@H]1CN2CCCC[C@H]2CO1)c1ccn2cncc2c1. The molecule has 2 atom stereocenters. The number of ether oxygens (including phenoxy) is 1. The minimum Gasteiger partial charge on any atom is -0.373 e. The van der Waals surface area contributed by atoms with Crippen LogP contribution >= 0.6 is 0 Å². The van der Waals surface area contributed by atoms with Gasteiger partial charge in [-0.15, -0.1) is 0 Å². The van der Waals surface area contributed by atoms with Crippen LogP contribution in [0.5, 0.6) is 0 Å². The average molecular weight is 314 g/mol. The molecule has 4 heterocycles. The Morgan fingerprint density at radius 3 is 3.35 bits per heavy atom. The van der Waals surface area contributed by atoms with Gasteiger partial charge in [-0.1, -0.05) is 6.42 Å². The van der Waals surface area contributed by atoms with E-state index < -0.39 is 0 Å². The third-order valence-electron chi connectivity index (χ3n) is 4.88. The second kappa shape index (κ2) is 6.29. The lowest BCUT2D eigenvalue weighted by Crippen LogP contribution is -2.54. The van der Waals surface area contributed by atoms with E-state index >= 15 is 0 Å². The maximum atomic E-state index is 12.3. The van der Waals surface area contributed by atoms with Crippen LogP contribution in [0.2, 0.25) is 0 Å². The number of hydrogen-bond donors (Lipinski definition) is 1. The van der Waals surface area contributed by atoms with Crippen LogP contribution in [0.3, 0.4) is 0 Å². The average Bonchev–Trinajstić information content (AvgIpc) is 3.07. The van der Waals surface area contributed by atoms with E-state index in [1.807, 2.05) is 22.7 Å². The molecule has 0 bridgehead atoms. The summed E-state index contributed by atoms with van der Waals surface area (Å²) in [6, 6.07) is 4.25. The molecular formula is C17H22N4O2. The topological polar surface area (TPSA) is 58.9 Å². The number of carbonyl (C=O) groups excluding carboxylic acids is 1. The molecule has 122 valence electrons. The first-order chi connectivity index (χ1) is 11.3. The third kappa shape index (κ3) is 3.09. The van der Waals surface area contributed by atoms with Gasteiger partial charge < -0.3 is 14.5 Å². The standard InChI is InChI=1S/C17H22N4O2/c22-17(13-4-6-21-12-18-8-15(21)7-13)19-9-16-10-20-5-2-1-3-14(20)11-23-16/h4,6-8,12,14,16H,1-3,5,9-11H2,(H,19,22)/t14-,16-/m0/s1. The highest BCUT2D eigenvalue weighted by Crippen LogP contribution is 2.21. The number of amides is 1. The van der Waals surface area contributed by atoms with Crippen LogP contribution < -0.4 is 5.32 Å². The molecule has 2 aliphatic heterocycles. The Kier molecular flexibility index (Phi) is 4.01.